The number of carbonyl (C=O) groups is 2. The number of anilines is 1. The Kier molecular flexibility index (Phi) is 4.56. The number of thiazole rings is 1. The van der Waals surface area contributed by atoms with Crippen molar-refractivity contribution in [1.82, 2.24) is 9.88 Å². The van der Waals surface area contributed by atoms with Crippen molar-refractivity contribution in [2.75, 3.05) is 11.9 Å². The zero-order chi connectivity index (χ0) is 17.4. The van der Waals surface area contributed by atoms with Gasteiger partial charge in [-0.15, -0.1) is 0 Å². The van der Waals surface area contributed by atoms with Crippen molar-refractivity contribution in [3.8, 4) is 0 Å². The van der Waals surface area contributed by atoms with Gasteiger partial charge >= 0.3 is 18.2 Å². The second-order valence-corrected chi connectivity index (χ2v) is 7.07. The molecule has 0 bridgehead atoms. The molecule has 1 aliphatic heterocycles. The van der Waals surface area contributed by atoms with Crippen molar-refractivity contribution in [3.63, 3.8) is 0 Å². The third kappa shape index (κ3) is 4.57. The van der Waals surface area contributed by atoms with Gasteiger partial charge in [0, 0.05) is 17.8 Å². The molecule has 0 unspecified atom stereocenters. The Labute approximate surface area is 134 Å². The fourth-order valence-electron chi connectivity index (χ4n) is 1.99. The molecule has 2 amide bonds. The summed E-state index contributed by atoms with van der Waals surface area (Å²) in [5.41, 5.74) is -0.0797. The van der Waals surface area contributed by atoms with Crippen molar-refractivity contribution in [3.05, 3.63) is 10.6 Å². The molecule has 6 nitrogen and oxygen atoms in total. The molecule has 0 fully saturated rings. The summed E-state index contributed by atoms with van der Waals surface area (Å²) < 4.78 is 42.5. The number of rotatable bonds is 1. The predicted octanol–water partition coefficient (Wildman–Crippen LogP) is 2.94. The van der Waals surface area contributed by atoms with Gasteiger partial charge in [-0.05, 0) is 20.8 Å². The SMILES string of the molecule is CC(C)(C)OC(=O)Nc1nc2c(s1)CN(C(=O)C(F)(F)F)CC2. The first-order valence-corrected chi connectivity index (χ1v) is 7.62. The molecule has 0 saturated heterocycles. The lowest BCUT2D eigenvalue weighted by Crippen LogP contribution is -2.43. The average molecular weight is 351 g/mol. The molecule has 1 N–H and O–H groups in total. The summed E-state index contributed by atoms with van der Waals surface area (Å²) in [4.78, 5) is 28.4. The van der Waals surface area contributed by atoms with E-state index in [2.05, 4.69) is 10.3 Å². The van der Waals surface area contributed by atoms with Gasteiger partial charge in [0.25, 0.3) is 0 Å². The third-order valence-electron chi connectivity index (χ3n) is 2.87. The van der Waals surface area contributed by atoms with Gasteiger partial charge in [0.15, 0.2) is 5.13 Å². The number of fused-ring (bicyclic) bond motifs is 1. The van der Waals surface area contributed by atoms with Crippen molar-refractivity contribution in [1.29, 1.82) is 0 Å². The van der Waals surface area contributed by atoms with E-state index in [1.807, 2.05) is 0 Å². The van der Waals surface area contributed by atoms with E-state index in [1.54, 1.807) is 20.8 Å². The number of aromatic nitrogens is 1. The summed E-state index contributed by atoms with van der Waals surface area (Å²) in [6, 6.07) is 0. The largest absolute Gasteiger partial charge is 0.471 e. The maximum Gasteiger partial charge on any atom is 0.471 e. The van der Waals surface area contributed by atoms with Crippen LogP contribution in [0.2, 0.25) is 0 Å². The van der Waals surface area contributed by atoms with Crippen LogP contribution in [-0.2, 0) is 22.5 Å². The Morgan fingerprint density at radius 3 is 2.52 bits per heavy atom. The first-order chi connectivity index (χ1) is 10.5. The number of nitrogens with one attached hydrogen (secondary N) is 1. The quantitative estimate of drug-likeness (QED) is 0.844. The molecule has 2 heterocycles. The first kappa shape index (κ1) is 17.5. The maximum atomic E-state index is 12.5. The Hall–Kier alpha value is -1.84. The fraction of sp³-hybridized carbons (Fsp3) is 0.615. The van der Waals surface area contributed by atoms with E-state index in [0.717, 1.165) is 16.2 Å². The van der Waals surface area contributed by atoms with Crippen LogP contribution in [0.5, 0.6) is 0 Å². The second kappa shape index (κ2) is 5.99. The molecule has 1 aliphatic rings. The zero-order valence-electron chi connectivity index (χ0n) is 12.8. The summed E-state index contributed by atoms with van der Waals surface area (Å²) in [6.07, 6.45) is -5.37. The van der Waals surface area contributed by atoms with Crippen molar-refractivity contribution < 1.29 is 27.5 Å². The van der Waals surface area contributed by atoms with Crippen molar-refractivity contribution in [2.24, 2.45) is 0 Å². The minimum absolute atomic E-state index is 0.0546. The highest BCUT2D eigenvalue weighted by molar-refractivity contribution is 7.15. The molecule has 0 radical (unpaired) electrons. The average Bonchev–Trinajstić information content (AvgIpc) is 2.74. The molecule has 0 atom stereocenters. The normalized spacial score (nSPS) is 15.1. The molecule has 10 heteroatoms. The van der Waals surface area contributed by atoms with Gasteiger partial charge in [-0.2, -0.15) is 13.2 Å². The Bertz CT molecular complexity index is 622. The predicted molar refractivity (Wildman–Crippen MR) is 77.1 cm³/mol. The van der Waals surface area contributed by atoms with E-state index in [-0.39, 0.29) is 24.6 Å². The van der Waals surface area contributed by atoms with E-state index in [9.17, 15) is 22.8 Å². The van der Waals surface area contributed by atoms with E-state index < -0.39 is 23.8 Å². The van der Waals surface area contributed by atoms with Crippen LogP contribution in [0.25, 0.3) is 0 Å². The van der Waals surface area contributed by atoms with Crippen LogP contribution in [0.15, 0.2) is 0 Å². The third-order valence-corrected chi connectivity index (χ3v) is 3.87. The van der Waals surface area contributed by atoms with Gasteiger partial charge < -0.3 is 9.64 Å². The zero-order valence-corrected chi connectivity index (χ0v) is 13.6. The van der Waals surface area contributed by atoms with Crippen molar-refractivity contribution >= 4 is 28.5 Å². The Balaban J connectivity index is 2.04. The van der Waals surface area contributed by atoms with Crippen LogP contribution in [0, 0.1) is 0 Å². The summed E-state index contributed by atoms with van der Waals surface area (Å²) >= 11 is 1.04. The van der Waals surface area contributed by atoms with Crippen LogP contribution in [0.1, 0.15) is 31.3 Å². The standard InChI is InChI=1S/C13H16F3N3O3S/c1-12(2,3)22-11(21)18-10-17-7-4-5-19(6-8(7)23-10)9(20)13(14,15)16/h4-6H2,1-3H3,(H,17,18,21). The smallest absolute Gasteiger partial charge is 0.444 e. The number of hydrogen-bond donors (Lipinski definition) is 1. The van der Waals surface area contributed by atoms with E-state index in [1.165, 1.54) is 0 Å². The lowest BCUT2D eigenvalue weighted by Gasteiger charge is -2.26. The number of hydrogen-bond acceptors (Lipinski definition) is 5. The molecule has 128 valence electrons. The Morgan fingerprint density at radius 1 is 1.30 bits per heavy atom. The van der Waals surface area contributed by atoms with Crippen LogP contribution in [-0.4, -0.2) is 40.2 Å². The van der Waals surface area contributed by atoms with E-state index in [4.69, 9.17) is 4.74 Å². The van der Waals surface area contributed by atoms with E-state index >= 15 is 0 Å². The number of amides is 2. The van der Waals surface area contributed by atoms with E-state index in [0.29, 0.717) is 10.6 Å². The van der Waals surface area contributed by atoms with Gasteiger partial charge in [0.1, 0.15) is 5.60 Å². The molecule has 1 aromatic rings. The summed E-state index contributed by atoms with van der Waals surface area (Å²) in [6.45, 7) is 4.91. The van der Waals surface area contributed by atoms with Crippen LogP contribution >= 0.6 is 11.3 Å². The highest BCUT2D eigenvalue weighted by Crippen LogP contribution is 2.30. The maximum absolute atomic E-state index is 12.5. The molecular formula is C13H16F3N3O3S. The first-order valence-electron chi connectivity index (χ1n) is 6.80. The van der Waals surface area contributed by atoms with Crippen LogP contribution in [0.3, 0.4) is 0 Å². The lowest BCUT2D eigenvalue weighted by atomic mass is 10.2. The molecule has 23 heavy (non-hydrogen) atoms. The van der Waals surface area contributed by atoms with Crippen LogP contribution < -0.4 is 5.32 Å². The number of ether oxygens (including phenoxy) is 1. The topological polar surface area (TPSA) is 71.5 Å². The molecule has 0 saturated carbocycles. The van der Waals surface area contributed by atoms with Gasteiger partial charge in [-0.1, -0.05) is 11.3 Å². The number of alkyl halides is 3. The number of halogens is 3. The minimum atomic E-state index is -4.89. The second-order valence-electron chi connectivity index (χ2n) is 5.99. The summed E-state index contributed by atoms with van der Waals surface area (Å²) in [7, 11) is 0. The number of carbonyl (C=O) groups excluding carboxylic acids is 2. The van der Waals surface area contributed by atoms with Gasteiger partial charge in [-0.3, -0.25) is 10.1 Å². The van der Waals surface area contributed by atoms with Crippen LogP contribution in [0.4, 0.5) is 23.1 Å². The molecular weight excluding hydrogens is 335 g/mol. The molecule has 1 aromatic heterocycles. The highest BCUT2D eigenvalue weighted by Gasteiger charge is 2.43. The van der Waals surface area contributed by atoms with Gasteiger partial charge in [0.2, 0.25) is 0 Å². The van der Waals surface area contributed by atoms with Gasteiger partial charge in [-0.25, -0.2) is 9.78 Å². The monoisotopic (exact) mass is 351 g/mol. The van der Waals surface area contributed by atoms with Gasteiger partial charge in [0.05, 0.1) is 12.2 Å². The lowest BCUT2D eigenvalue weighted by molar-refractivity contribution is -0.186. The number of nitrogens with zero attached hydrogens (tertiary/aromatic N) is 2. The summed E-state index contributed by atoms with van der Waals surface area (Å²) in [5.74, 6) is -1.86. The fourth-order valence-corrected chi connectivity index (χ4v) is 3.00. The minimum Gasteiger partial charge on any atom is -0.444 e. The molecule has 0 aliphatic carbocycles. The molecule has 2 rings (SSSR count). The Morgan fingerprint density at radius 2 is 1.96 bits per heavy atom. The van der Waals surface area contributed by atoms with Crippen molar-refractivity contribution in [2.45, 2.75) is 45.5 Å². The summed E-state index contributed by atoms with van der Waals surface area (Å²) in [5, 5.41) is 2.69. The highest BCUT2D eigenvalue weighted by atomic mass is 32.1. The molecule has 0 aromatic carbocycles. The molecule has 0 spiro atoms.